The van der Waals surface area contributed by atoms with Crippen LogP contribution in [0.1, 0.15) is 17.5 Å². The smallest absolute Gasteiger partial charge is 0.255 e. The molecule has 1 aliphatic rings. The maximum Gasteiger partial charge on any atom is 0.255 e. The van der Waals surface area contributed by atoms with E-state index >= 15 is 0 Å². The summed E-state index contributed by atoms with van der Waals surface area (Å²) in [6.45, 7) is 1.87. The van der Waals surface area contributed by atoms with Crippen LogP contribution in [0.3, 0.4) is 0 Å². The minimum atomic E-state index is -0.461. The Kier molecular flexibility index (Phi) is 4.63. The number of ether oxygens (including phenoxy) is 1. The molecule has 1 saturated heterocycles. The number of primary amides is 1. The van der Waals surface area contributed by atoms with Crippen LogP contribution in [0.15, 0.2) is 54.6 Å². The summed E-state index contributed by atoms with van der Waals surface area (Å²) in [5.74, 6) is 0.234. The molecule has 1 fully saturated rings. The molecule has 1 atom stereocenters. The van der Waals surface area contributed by atoms with E-state index in [2.05, 4.69) is 35.6 Å². The van der Waals surface area contributed by atoms with Gasteiger partial charge < -0.3 is 15.8 Å². The Bertz CT molecular complexity index is 664. The molecule has 4 nitrogen and oxygen atoms in total. The number of rotatable bonds is 6. The molecular formula is C19H22N2O2. The van der Waals surface area contributed by atoms with E-state index in [9.17, 15) is 4.79 Å². The second kappa shape index (κ2) is 6.84. The highest BCUT2D eigenvalue weighted by Gasteiger charge is 2.35. The lowest BCUT2D eigenvalue weighted by molar-refractivity contribution is -0.119. The van der Waals surface area contributed by atoms with Crippen molar-refractivity contribution in [1.82, 2.24) is 5.32 Å². The molecule has 23 heavy (non-hydrogen) atoms. The minimum absolute atomic E-state index is 0.0629. The Morgan fingerprint density at radius 1 is 1.17 bits per heavy atom. The van der Waals surface area contributed by atoms with Crippen molar-refractivity contribution in [2.45, 2.75) is 18.3 Å². The fourth-order valence-corrected chi connectivity index (χ4v) is 3.30. The van der Waals surface area contributed by atoms with Gasteiger partial charge in [0.05, 0.1) is 0 Å². The zero-order valence-corrected chi connectivity index (χ0v) is 13.1. The highest BCUT2D eigenvalue weighted by molar-refractivity contribution is 5.75. The first-order chi connectivity index (χ1) is 11.2. The number of benzene rings is 2. The molecule has 0 saturated carbocycles. The molecule has 3 rings (SSSR count). The highest BCUT2D eigenvalue weighted by Crippen LogP contribution is 2.36. The first-order valence-corrected chi connectivity index (χ1v) is 7.94. The molecule has 0 radical (unpaired) electrons. The van der Waals surface area contributed by atoms with Crippen LogP contribution in [0.4, 0.5) is 0 Å². The average molecular weight is 310 g/mol. The average Bonchev–Trinajstić information content (AvgIpc) is 3.04. The first kappa shape index (κ1) is 15.6. The maximum atomic E-state index is 10.9. The number of carbonyl (C=O) groups is 1. The van der Waals surface area contributed by atoms with Crippen molar-refractivity contribution < 1.29 is 9.53 Å². The molecule has 0 aromatic heterocycles. The van der Waals surface area contributed by atoms with Gasteiger partial charge in [0.15, 0.2) is 6.61 Å². The maximum absolute atomic E-state index is 10.9. The topological polar surface area (TPSA) is 64.4 Å². The van der Waals surface area contributed by atoms with E-state index in [1.165, 1.54) is 11.1 Å². The SMILES string of the molecule is NC(=O)COc1cccc(C2(Cc3ccccc3)CCNC2)c1. The number of hydrogen-bond donors (Lipinski definition) is 2. The molecule has 3 N–H and O–H groups in total. The van der Waals surface area contributed by atoms with Crippen molar-refractivity contribution in [2.24, 2.45) is 5.73 Å². The van der Waals surface area contributed by atoms with Crippen LogP contribution >= 0.6 is 0 Å². The summed E-state index contributed by atoms with van der Waals surface area (Å²) in [5, 5.41) is 3.49. The molecule has 1 amide bonds. The van der Waals surface area contributed by atoms with E-state index in [4.69, 9.17) is 10.5 Å². The lowest BCUT2D eigenvalue weighted by atomic mass is 9.75. The number of nitrogens with one attached hydrogen (secondary N) is 1. The predicted molar refractivity (Wildman–Crippen MR) is 90.4 cm³/mol. The van der Waals surface area contributed by atoms with E-state index in [1.54, 1.807) is 0 Å². The van der Waals surface area contributed by atoms with Gasteiger partial charge in [-0.05, 0) is 42.6 Å². The van der Waals surface area contributed by atoms with Gasteiger partial charge in [-0.1, -0.05) is 42.5 Å². The van der Waals surface area contributed by atoms with Crippen molar-refractivity contribution in [3.8, 4) is 5.75 Å². The van der Waals surface area contributed by atoms with Crippen LogP contribution in [-0.4, -0.2) is 25.6 Å². The van der Waals surface area contributed by atoms with Gasteiger partial charge in [0, 0.05) is 12.0 Å². The number of amides is 1. The lowest BCUT2D eigenvalue weighted by Gasteiger charge is -2.29. The summed E-state index contributed by atoms with van der Waals surface area (Å²) in [7, 11) is 0. The molecule has 4 heteroatoms. The zero-order valence-electron chi connectivity index (χ0n) is 13.1. The normalized spacial score (nSPS) is 20.3. The molecule has 2 aromatic rings. The van der Waals surface area contributed by atoms with Gasteiger partial charge in [-0.2, -0.15) is 0 Å². The third-order valence-corrected chi connectivity index (χ3v) is 4.46. The summed E-state index contributed by atoms with van der Waals surface area (Å²) in [4.78, 5) is 10.9. The molecule has 2 aromatic carbocycles. The molecule has 1 unspecified atom stereocenters. The Hall–Kier alpha value is -2.33. The van der Waals surface area contributed by atoms with E-state index in [1.807, 2.05) is 24.3 Å². The molecule has 1 aliphatic heterocycles. The van der Waals surface area contributed by atoms with Crippen molar-refractivity contribution in [3.05, 3.63) is 65.7 Å². The second-order valence-corrected chi connectivity index (χ2v) is 6.15. The largest absolute Gasteiger partial charge is 0.484 e. The van der Waals surface area contributed by atoms with Gasteiger partial charge in [-0.3, -0.25) is 4.79 Å². The van der Waals surface area contributed by atoms with Gasteiger partial charge in [0.1, 0.15) is 5.75 Å². The highest BCUT2D eigenvalue weighted by atomic mass is 16.5. The summed E-state index contributed by atoms with van der Waals surface area (Å²) in [6.07, 6.45) is 2.07. The van der Waals surface area contributed by atoms with Crippen molar-refractivity contribution in [2.75, 3.05) is 19.7 Å². The van der Waals surface area contributed by atoms with Gasteiger partial charge in [0.2, 0.25) is 0 Å². The van der Waals surface area contributed by atoms with Gasteiger partial charge >= 0.3 is 0 Å². The molecule has 0 aliphatic carbocycles. The summed E-state index contributed by atoms with van der Waals surface area (Å²) >= 11 is 0. The van der Waals surface area contributed by atoms with Crippen LogP contribution in [-0.2, 0) is 16.6 Å². The van der Waals surface area contributed by atoms with E-state index < -0.39 is 5.91 Å². The van der Waals surface area contributed by atoms with Gasteiger partial charge in [0.25, 0.3) is 5.91 Å². The molecule has 0 bridgehead atoms. The Morgan fingerprint density at radius 3 is 2.70 bits per heavy atom. The van der Waals surface area contributed by atoms with E-state index in [0.717, 1.165) is 25.9 Å². The second-order valence-electron chi connectivity index (χ2n) is 6.15. The van der Waals surface area contributed by atoms with Crippen LogP contribution in [0.5, 0.6) is 5.75 Å². The lowest BCUT2D eigenvalue weighted by Crippen LogP contribution is -2.31. The van der Waals surface area contributed by atoms with E-state index in [0.29, 0.717) is 5.75 Å². The van der Waals surface area contributed by atoms with Gasteiger partial charge in [-0.25, -0.2) is 0 Å². The summed E-state index contributed by atoms with van der Waals surface area (Å²) in [6, 6.07) is 18.6. The van der Waals surface area contributed by atoms with E-state index in [-0.39, 0.29) is 12.0 Å². The summed E-state index contributed by atoms with van der Waals surface area (Å²) in [5.41, 5.74) is 7.79. The minimum Gasteiger partial charge on any atom is -0.484 e. The molecule has 0 spiro atoms. The molecule has 1 heterocycles. The zero-order chi connectivity index (χ0) is 16.1. The number of carbonyl (C=O) groups excluding carboxylic acids is 1. The Morgan fingerprint density at radius 2 is 2.00 bits per heavy atom. The molecular weight excluding hydrogens is 288 g/mol. The fraction of sp³-hybridized carbons (Fsp3) is 0.316. The van der Waals surface area contributed by atoms with Crippen molar-refractivity contribution >= 4 is 5.91 Å². The van der Waals surface area contributed by atoms with Crippen LogP contribution < -0.4 is 15.8 Å². The van der Waals surface area contributed by atoms with Crippen molar-refractivity contribution in [3.63, 3.8) is 0 Å². The van der Waals surface area contributed by atoms with Crippen LogP contribution in [0.2, 0.25) is 0 Å². The quantitative estimate of drug-likeness (QED) is 0.858. The predicted octanol–water partition coefficient (Wildman–Crippen LogP) is 2.02. The standard InChI is InChI=1S/C19H22N2O2/c20-18(22)13-23-17-8-4-7-16(11-17)19(9-10-21-14-19)12-15-5-2-1-3-6-15/h1-8,11,21H,9-10,12-14H2,(H2,20,22). The van der Waals surface area contributed by atoms with Gasteiger partial charge in [-0.15, -0.1) is 0 Å². The monoisotopic (exact) mass is 310 g/mol. The third kappa shape index (κ3) is 3.71. The van der Waals surface area contributed by atoms with Crippen molar-refractivity contribution in [1.29, 1.82) is 0 Å². The summed E-state index contributed by atoms with van der Waals surface area (Å²) < 4.78 is 5.47. The van der Waals surface area contributed by atoms with Crippen LogP contribution in [0.25, 0.3) is 0 Å². The molecule has 120 valence electrons. The third-order valence-electron chi connectivity index (χ3n) is 4.46. The first-order valence-electron chi connectivity index (χ1n) is 7.94. The number of hydrogen-bond acceptors (Lipinski definition) is 3. The number of nitrogens with two attached hydrogens (primary N) is 1. The fourth-order valence-electron chi connectivity index (χ4n) is 3.30. The Balaban J connectivity index is 1.86. The Labute approximate surface area is 136 Å². The van der Waals surface area contributed by atoms with Crippen LogP contribution in [0, 0.1) is 0 Å².